The lowest BCUT2D eigenvalue weighted by Gasteiger charge is -2.11. The van der Waals surface area contributed by atoms with Crippen LogP contribution < -0.4 is 5.32 Å². The normalized spacial score (nSPS) is 13.0. The van der Waals surface area contributed by atoms with Crippen LogP contribution in [0.3, 0.4) is 0 Å². The lowest BCUT2D eigenvalue weighted by Crippen LogP contribution is -2.25. The first-order valence-corrected chi connectivity index (χ1v) is 6.10. The van der Waals surface area contributed by atoms with E-state index in [-0.39, 0.29) is 0 Å². The van der Waals surface area contributed by atoms with Gasteiger partial charge in [-0.25, -0.2) is 0 Å². The zero-order chi connectivity index (χ0) is 11.1. The lowest BCUT2D eigenvalue weighted by atomic mass is 10.2. The molecule has 4 heteroatoms. The molecule has 0 radical (unpaired) electrons. The van der Waals surface area contributed by atoms with Crippen LogP contribution in [-0.2, 0) is 13.1 Å². The molecule has 0 amide bonds. The van der Waals surface area contributed by atoms with Gasteiger partial charge in [-0.2, -0.15) is 5.10 Å². The van der Waals surface area contributed by atoms with Crippen molar-refractivity contribution in [3.05, 3.63) is 18.0 Å². The lowest BCUT2D eigenvalue weighted by molar-refractivity contribution is 0.509. The highest BCUT2D eigenvalue weighted by Gasteiger charge is 2.02. The number of aromatic nitrogens is 2. The summed E-state index contributed by atoms with van der Waals surface area (Å²) in [6.07, 6.45) is 6.21. The Labute approximate surface area is 96.8 Å². The summed E-state index contributed by atoms with van der Waals surface area (Å²) >= 11 is 5.64. The van der Waals surface area contributed by atoms with Crippen molar-refractivity contribution in [3.63, 3.8) is 0 Å². The SMILES string of the molecule is CCn1cc(CNC(C)CCCCl)cn1. The zero-order valence-electron chi connectivity index (χ0n) is 9.54. The van der Waals surface area contributed by atoms with Crippen molar-refractivity contribution in [3.8, 4) is 0 Å². The third-order valence-corrected chi connectivity index (χ3v) is 2.70. The summed E-state index contributed by atoms with van der Waals surface area (Å²) in [6.45, 7) is 6.11. The molecule has 1 aromatic rings. The van der Waals surface area contributed by atoms with Gasteiger partial charge in [-0.15, -0.1) is 11.6 Å². The van der Waals surface area contributed by atoms with Crippen molar-refractivity contribution in [2.75, 3.05) is 5.88 Å². The molecule has 1 heterocycles. The summed E-state index contributed by atoms with van der Waals surface area (Å²) in [5, 5.41) is 7.69. The fraction of sp³-hybridized carbons (Fsp3) is 0.727. The average Bonchev–Trinajstić information content (AvgIpc) is 2.71. The van der Waals surface area contributed by atoms with Crippen LogP contribution in [0, 0.1) is 0 Å². The molecule has 0 saturated heterocycles. The van der Waals surface area contributed by atoms with Gasteiger partial charge in [0, 0.05) is 36.8 Å². The Morgan fingerprint density at radius 2 is 2.40 bits per heavy atom. The van der Waals surface area contributed by atoms with Crippen molar-refractivity contribution < 1.29 is 0 Å². The summed E-state index contributed by atoms with van der Waals surface area (Å²) in [7, 11) is 0. The van der Waals surface area contributed by atoms with E-state index in [1.54, 1.807) is 0 Å². The van der Waals surface area contributed by atoms with Crippen LogP contribution >= 0.6 is 11.6 Å². The second kappa shape index (κ2) is 6.85. The van der Waals surface area contributed by atoms with Gasteiger partial charge in [-0.1, -0.05) is 0 Å². The van der Waals surface area contributed by atoms with E-state index in [1.165, 1.54) is 5.56 Å². The molecule has 0 aliphatic rings. The highest BCUT2D eigenvalue weighted by molar-refractivity contribution is 6.17. The number of alkyl halides is 1. The number of halogens is 1. The molecule has 0 bridgehead atoms. The highest BCUT2D eigenvalue weighted by atomic mass is 35.5. The minimum Gasteiger partial charge on any atom is -0.310 e. The van der Waals surface area contributed by atoms with Crippen molar-refractivity contribution >= 4 is 11.6 Å². The van der Waals surface area contributed by atoms with Gasteiger partial charge in [0.05, 0.1) is 6.20 Å². The van der Waals surface area contributed by atoms with Gasteiger partial charge < -0.3 is 5.32 Å². The highest BCUT2D eigenvalue weighted by Crippen LogP contribution is 2.01. The van der Waals surface area contributed by atoms with Crippen molar-refractivity contribution in [2.24, 2.45) is 0 Å². The fourth-order valence-corrected chi connectivity index (χ4v) is 1.60. The molecule has 1 aromatic heterocycles. The molecule has 0 aliphatic carbocycles. The zero-order valence-corrected chi connectivity index (χ0v) is 10.3. The Morgan fingerprint density at radius 3 is 3.00 bits per heavy atom. The molecule has 3 nitrogen and oxygen atoms in total. The van der Waals surface area contributed by atoms with Crippen LogP contribution in [0.1, 0.15) is 32.3 Å². The second-order valence-corrected chi connectivity index (χ2v) is 4.20. The van der Waals surface area contributed by atoms with Gasteiger partial charge >= 0.3 is 0 Å². The first-order chi connectivity index (χ1) is 7.26. The number of aryl methyl sites for hydroxylation is 1. The maximum atomic E-state index is 5.64. The topological polar surface area (TPSA) is 29.9 Å². The van der Waals surface area contributed by atoms with E-state index in [2.05, 4.69) is 30.5 Å². The van der Waals surface area contributed by atoms with Crippen molar-refractivity contribution in [1.29, 1.82) is 0 Å². The molecule has 0 fully saturated rings. The molecule has 0 saturated carbocycles. The third-order valence-electron chi connectivity index (χ3n) is 2.44. The van der Waals surface area contributed by atoms with Gasteiger partial charge in [0.25, 0.3) is 0 Å². The molecule has 0 aromatic carbocycles. The van der Waals surface area contributed by atoms with Gasteiger partial charge in [-0.05, 0) is 26.7 Å². The minimum absolute atomic E-state index is 0.522. The maximum absolute atomic E-state index is 5.64. The summed E-state index contributed by atoms with van der Waals surface area (Å²) in [6, 6.07) is 0.522. The minimum atomic E-state index is 0.522. The van der Waals surface area contributed by atoms with Crippen molar-refractivity contribution in [2.45, 2.75) is 45.8 Å². The standard InChI is InChI=1S/C11H20ClN3/c1-3-15-9-11(8-14-15)7-13-10(2)5-4-6-12/h8-10,13H,3-7H2,1-2H3. The Hall–Kier alpha value is -0.540. The number of nitrogens with zero attached hydrogens (tertiary/aromatic N) is 2. The summed E-state index contributed by atoms with van der Waals surface area (Å²) < 4.78 is 1.94. The molecular weight excluding hydrogens is 210 g/mol. The van der Waals surface area contributed by atoms with Crippen LogP contribution in [0.15, 0.2) is 12.4 Å². The van der Waals surface area contributed by atoms with E-state index in [4.69, 9.17) is 11.6 Å². The quantitative estimate of drug-likeness (QED) is 0.728. The first-order valence-electron chi connectivity index (χ1n) is 5.57. The Balaban J connectivity index is 2.24. The van der Waals surface area contributed by atoms with Crippen LogP contribution in [0.2, 0.25) is 0 Å². The Bertz CT molecular complexity index is 273. The summed E-state index contributed by atoms with van der Waals surface area (Å²) in [4.78, 5) is 0. The van der Waals surface area contributed by atoms with Crippen LogP contribution in [0.4, 0.5) is 0 Å². The third kappa shape index (κ3) is 4.67. The first kappa shape index (κ1) is 12.5. The molecule has 0 aliphatic heterocycles. The fourth-order valence-electron chi connectivity index (χ4n) is 1.45. The molecule has 1 N–H and O–H groups in total. The average molecular weight is 230 g/mol. The number of rotatable bonds is 7. The predicted molar refractivity (Wildman–Crippen MR) is 64.2 cm³/mol. The molecule has 15 heavy (non-hydrogen) atoms. The monoisotopic (exact) mass is 229 g/mol. The van der Waals surface area contributed by atoms with E-state index in [0.29, 0.717) is 6.04 Å². The van der Waals surface area contributed by atoms with Crippen LogP contribution in [-0.4, -0.2) is 21.7 Å². The number of hydrogen-bond donors (Lipinski definition) is 1. The van der Waals surface area contributed by atoms with E-state index in [1.807, 2.05) is 10.9 Å². The van der Waals surface area contributed by atoms with Crippen LogP contribution in [0.25, 0.3) is 0 Å². The van der Waals surface area contributed by atoms with Gasteiger partial charge in [0.2, 0.25) is 0 Å². The van der Waals surface area contributed by atoms with Crippen molar-refractivity contribution in [1.82, 2.24) is 15.1 Å². The second-order valence-electron chi connectivity index (χ2n) is 3.82. The largest absolute Gasteiger partial charge is 0.310 e. The van der Waals surface area contributed by atoms with Gasteiger partial charge in [0.15, 0.2) is 0 Å². The molecule has 1 rings (SSSR count). The Kier molecular flexibility index (Phi) is 5.73. The predicted octanol–water partition coefficient (Wildman–Crippen LogP) is 2.40. The molecular formula is C11H20ClN3. The Morgan fingerprint density at radius 1 is 1.60 bits per heavy atom. The maximum Gasteiger partial charge on any atom is 0.0534 e. The van der Waals surface area contributed by atoms with E-state index in [9.17, 15) is 0 Å². The molecule has 1 atom stereocenters. The number of nitrogens with one attached hydrogen (secondary N) is 1. The summed E-state index contributed by atoms with van der Waals surface area (Å²) in [5.74, 6) is 0.750. The van der Waals surface area contributed by atoms with Crippen LogP contribution in [0.5, 0.6) is 0 Å². The van der Waals surface area contributed by atoms with E-state index < -0.39 is 0 Å². The van der Waals surface area contributed by atoms with Gasteiger partial charge in [-0.3, -0.25) is 4.68 Å². The van der Waals surface area contributed by atoms with E-state index >= 15 is 0 Å². The smallest absolute Gasteiger partial charge is 0.0534 e. The summed E-state index contributed by atoms with van der Waals surface area (Å²) in [5.41, 5.74) is 1.24. The molecule has 1 unspecified atom stereocenters. The number of hydrogen-bond acceptors (Lipinski definition) is 2. The molecule has 86 valence electrons. The molecule has 0 spiro atoms. The van der Waals surface area contributed by atoms with E-state index in [0.717, 1.165) is 31.8 Å². The van der Waals surface area contributed by atoms with Gasteiger partial charge in [0.1, 0.15) is 0 Å².